The van der Waals surface area contributed by atoms with Crippen LogP contribution in [0.2, 0.25) is 0 Å². The number of nitrogens with zero attached hydrogens (tertiary/aromatic N) is 3. The monoisotopic (exact) mass is 360 g/mol. The van der Waals surface area contributed by atoms with Gasteiger partial charge in [-0.15, -0.1) is 10.2 Å². The Morgan fingerprint density at radius 2 is 2.04 bits per heavy atom. The molecule has 1 saturated heterocycles. The number of carbonyl (C=O) groups excluding carboxylic acids is 1. The highest BCUT2D eigenvalue weighted by Crippen LogP contribution is 2.37. The quantitative estimate of drug-likeness (QED) is 0.778. The minimum atomic E-state index is -0.0182. The fourth-order valence-electron chi connectivity index (χ4n) is 4.32. The third-order valence-corrected chi connectivity index (χ3v) is 5.59. The predicted molar refractivity (Wildman–Crippen MR) is 100 cm³/mol. The third-order valence-electron chi connectivity index (χ3n) is 5.59. The number of amides is 1. The summed E-state index contributed by atoms with van der Waals surface area (Å²) < 4.78 is 5.28. The SMILES string of the molecule is O=C1NC[C@H]2CN(Cc3ccccc3)C[C@@H]2c2ccc(-c3nnco3)cc21. The van der Waals surface area contributed by atoms with Gasteiger partial charge in [0.2, 0.25) is 12.3 Å². The summed E-state index contributed by atoms with van der Waals surface area (Å²) in [5.74, 6) is 1.19. The fourth-order valence-corrected chi connectivity index (χ4v) is 4.32. The molecule has 1 N–H and O–H groups in total. The lowest BCUT2D eigenvalue weighted by atomic mass is 9.86. The number of hydrogen-bond donors (Lipinski definition) is 1. The van der Waals surface area contributed by atoms with Gasteiger partial charge in [0.15, 0.2) is 0 Å². The first-order valence-corrected chi connectivity index (χ1v) is 9.23. The Bertz CT molecular complexity index is 956. The molecule has 5 rings (SSSR count). The van der Waals surface area contributed by atoms with E-state index in [0.29, 0.717) is 24.3 Å². The highest BCUT2D eigenvalue weighted by Gasteiger charge is 2.38. The number of fused-ring (bicyclic) bond motifs is 3. The Morgan fingerprint density at radius 1 is 1.15 bits per heavy atom. The van der Waals surface area contributed by atoms with Crippen molar-refractivity contribution in [1.82, 2.24) is 20.4 Å². The summed E-state index contributed by atoms with van der Waals surface area (Å²) in [5, 5.41) is 10.8. The number of rotatable bonds is 3. The highest BCUT2D eigenvalue weighted by atomic mass is 16.4. The van der Waals surface area contributed by atoms with E-state index in [1.165, 1.54) is 12.0 Å². The summed E-state index contributed by atoms with van der Waals surface area (Å²) in [6.45, 7) is 3.60. The summed E-state index contributed by atoms with van der Waals surface area (Å²) in [6.07, 6.45) is 1.30. The molecule has 2 aliphatic heterocycles. The molecule has 2 aromatic carbocycles. The Hall–Kier alpha value is -2.99. The second kappa shape index (κ2) is 6.63. The van der Waals surface area contributed by atoms with E-state index in [9.17, 15) is 4.79 Å². The van der Waals surface area contributed by atoms with E-state index >= 15 is 0 Å². The standard InChI is InChI=1S/C21H20N4O2/c26-20-18-8-15(21-24-23-13-27-21)6-7-17(18)19-12-25(11-16(19)9-22-20)10-14-4-2-1-3-5-14/h1-8,13,16,19H,9-12H2,(H,22,26)/t16-,19-/m0/s1. The van der Waals surface area contributed by atoms with Crippen molar-refractivity contribution in [1.29, 1.82) is 0 Å². The maximum absolute atomic E-state index is 12.6. The molecular weight excluding hydrogens is 340 g/mol. The summed E-state index contributed by atoms with van der Waals surface area (Å²) in [7, 11) is 0. The van der Waals surface area contributed by atoms with Crippen molar-refractivity contribution in [3.05, 3.63) is 71.6 Å². The summed E-state index contributed by atoms with van der Waals surface area (Å²) >= 11 is 0. The molecule has 6 nitrogen and oxygen atoms in total. The molecule has 0 bridgehead atoms. The van der Waals surface area contributed by atoms with Crippen LogP contribution >= 0.6 is 0 Å². The zero-order valence-corrected chi connectivity index (χ0v) is 14.8. The second-order valence-corrected chi connectivity index (χ2v) is 7.30. The molecular formula is C21H20N4O2. The van der Waals surface area contributed by atoms with Crippen molar-refractivity contribution < 1.29 is 9.21 Å². The molecule has 3 heterocycles. The van der Waals surface area contributed by atoms with Crippen molar-refractivity contribution >= 4 is 5.91 Å². The van der Waals surface area contributed by atoms with Crippen molar-refractivity contribution in [2.75, 3.05) is 19.6 Å². The average molecular weight is 360 g/mol. The van der Waals surface area contributed by atoms with Gasteiger partial charge in [0, 0.05) is 43.2 Å². The van der Waals surface area contributed by atoms with Crippen LogP contribution in [0.5, 0.6) is 0 Å². The first-order valence-electron chi connectivity index (χ1n) is 9.23. The minimum absolute atomic E-state index is 0.0182. The zero-order chi connectivity index (χ0) is 18.2. The second-order valence-electron chi connectivity index (χ2n) is 7.30. The van der Waals surface area contributed by atoms with E-state index in [0.717, 1.165) is 36.3 Å². The van der Waals surface area contributed by atoms with E-state index in [1.54, 1.807) is 0 Å². The Kier molecular flexibility index (Phi) is 3.98. The van der Waals surface area contributed by atoms with Crippen LogP contribution in [-0.4, -0.2) is 40.6 Å². The number of nitrogens with one attached hydrogen (secondary N) is 1. The van der Waals surface area contributed by atoms with Crippen LogP contribution in [0.3, 0.4) is 0 Å². The van der Waals surface area contributed by atoms with Gasteiger partial charge in [0.05, 0.1) is 0 Å². The van der Waals surface area contributed by atoms with Gasteiger partial charge in [-0.3, -0.25) is 9.69 Å². The molecule has 1 aromatic heterocycles. The molecule has 1 amide bonds. The molecule has 136 valence electrons. The van der Waals surface area contributed by atoms with Crippen LogP contribution in [0, 0.1) is 5.92 Å². The van der Waals surface area contributed by atoms with Gasteiger partial charge in [-0.05, 0) is 29.2 Å². The van der Waals surface area contributed by atoms with Crippen molar-refractivity contribution in [3.63, 3.8) is 0 Å². The lowest BCUT2D eigenvalue weighted by molar-refractivity contribution is 0.0951. The van der Waals surface area contributed by atoms with Crippen LogP contribution in [0.15, 0.2) is 59.3 Å². The molecule has 27 heavy (non-hydrogen) atoms. The molecule has 0 unspecified atom stereocenters. The lowest BCUT2D eigenvalue weighted by Crippen LogP contribution is -2.29. The Balaban J connectivity index is 1.44. The number of carbonyl (C=O) groups is 1. The lowest BCUT2D eigenvalue weighted by Gasteiger charge is -2.17. The summed E-state index contributed by atoms with van der Waals surface area (Å²) in [5.41, 5.74) is 3.94. The first kappa shape index (κ1) is 16.2. The molecule has 2 aliphatic rings. The Morgan fingerprint density at radius 3 is 2.85 bits per heavy atom. The summed E-state index contributed by atoms with van der Waals surface area (Å²) in [6, 6.07) is 16.5. The van der Waals surface area contributed by atoms with Crippen LogP contribution < -0.4 is 5.32 Å². The van der Waals surface area contributed by atoms with Crippen molar-refractivity contribution in [2.24, 2.45) is 5.92 Å². The van der Waals surface area contributed by atoms with Crippen LogP contribution in [-0.2, 0) is 6.54 Å². The summed E-state index contributed by atoms with van der Waals surface area (Å²) in [4.78, 5) is 15.1. The first-order chi connectivity index (χ1) is 13.3. The highest BCUT2D eigenvalue weighted by molar-refractivity contribution is 5.97. The smallest absolute Gasteiger partial charge is 0.251 e. The predicted octanol–water partition coefficient (Wildman–Crippen LogP) is 2.70. The van der Waals surface area contributed by atoms with Gasteiger partial charge < -0.3 is 9.73 Å². The minimum Gasteiger partial charge on any atom is -0.423 e. The number of likely N-dealkylation sites (tertiary alicyclic amines) is 1. The van der Waals surface area contributed by atoms with Gasteiger partial charge >= 0.3 is 0 Å². The third kappa shape index (κ3) is 3.02. The molecule has 3 aromatic rings. The van der Waals surface area contributed by atoms with E-state index < -0.39 is 0 Å². The number of aromatic nitrogens is 2. The van der Waals surface area contributed by atoms with E-state index in [1.807, 2.05) is 18.2 Å². The average Bonchev–Trinajstić information content (AvgIpc) is 3.34. The van der Waals surface area contributed by atoms with Crippen molar-refractivity contribution in [3.8, 4) is 11.5 Å². The van der Waals surface area contributed by atoms with Crippen LogP contribution in [0.4, 0.5) is 0 Å². The molecule has 6 heteroatoms. The molecule has 2 atom stereocenters. The van der Waals surface area contributed by atoms with Crippen molar-refractivity contribution in [2.45, 2.75) is 12.5 Å². The van der Waals surface area contributed by atoms with E-state index in [4.69, 9.17) is 4.42 Å². The van der Waals surface area contributed by atoms with Gasteiger partial charge in [0.1, 0.15) is 0 Å². The number of hydrogen-bond acceptors (Lipinski definition) is 5. The van der Waals surface area contributed by atoms with Gasteiger partial charge in [-0.1, -0.05) is 36.4 Å². The maximum Gasteiger partial charge on any atom is 0.251 e. The molecule has 0 spiro atoms. The molecule has 0 saturated carbocycles. The van der Waals surface area contributed by atoms with E-state index in [2.05, 4.69) is 50.7 Å². The topological polar surface area (TPSA) is 71.3 Å². The molecule has 0 radical (unpaired) electrons. The van der Waals surface area contributed by atoms with Gasteiger partial charge in [-0.25, -0.2) is 0 Å². The van der Waals surface area contributed by atoms with Crippen LogP contribution in [0.1, 0.15) is 27.4 Å². The number of benzene rings is 2. The van der Waals surface area contributed by atoms with Gasteiger partial charge in [0.25, 0.3) is 5.91 Å². The van der Waals surface area contributed by atoms with Crippen LogP contribution in [0.25, 0.3) is 11.5 Å². The largest absolute Gasteiger partial charge is 0.423 e. The fraction of sp³-hybridized carbons (Fsp3) is 0.286. The van der Waals surface area contributed by atoms with Gasteiger partial charge in [-0.2, -0.15) is 0 Å². The zero-order valence-electron chi connectivity index (χ0n) is 14.8. The Labute approximate surface area is 157 Å². The molecule has 0 aliphatic carbocycles. The molecule has 1 fully saturated rings. The maximum atomic E-state index is 12.6. The normalized spacial score (nSPS) is 22.0. The van der Waals surface area contributed by atoms with E-state index in [-0.39, 0.29) is 5.91 Å².